The zero-order chi connectivity index (χ0) is 16.4. The first-order valence-electron chi connectivity index (χ1n) is 6.99. The van der Waals surface area contributed by atoms with Crippen LogP contribution in [0.3, 0.4) is 0 Å². The predicted molar refractivity (Wildman–Crippen MR) is 95.9 cm³/mol. The van der Waals surface area contributed by atoms with Crippen LogP contribution in [0.2, 0.25) is 5.02 Å². The third-order valence-corrected chi connectivity index (χ3v) is 4.74. The molecule has 0 fully saturated rings. The van der Waals surface area contributed by atoms with Crippen LogP contribution in [-0.2, 0) is 9.84 Å². The van der Waals surface area contributed by atoms with E-state index in [2.05, 4.69) is 15.6 Å². The number of guanidine groups is 1. The second-order valence-corrected chi connectivity index (χ2v) is 8.48. The van der Waals surface area contributed by atoms with E-state index >= 15 is 0 Å². The van der Waals surface area contributed by atoms with Crippen LogP contribution in [0.15, 0.2) is 34.2 Å². The van der Waals surface area contributed by atoms with Gasteiger partial charge in [-0.3, -0.25) is 4.99 Å². The second-order valence-electron chi connectivity index (χ2n) is 4.62. The van der Waals surface area contributed by atoms with Crippen molar-refractivity contribution in [2.75, 3.05) is 37.4 Å². The summed E-state index contributed by atoms with van der Waals surface area (Å²) in [6.45, 7) is 3.70. The Hall–Kier alpha value is -0.920. The van der Waals surface area contributed by atoms with Crippen LogP contribution in [0.25, 0.3) is 0 Å². The summed E-state index contributed by atoms with van der Waals surface area (Å²) in [5, 5.41) is 7.01. The van der Waals surface area contributed by atoms with Crippen molar-refractivity contribution in [1.82, 2.24) is 10.6 Å². The van der Waals surface area contributed by atoms with Crippen molar-refractivity contribution in [2.45, 2.75) is 11.8 Å². The number of halogens is 1. The molecule has 1 rings (SSSR count). The molecule has 1 aromatic rings. The molecular weight excluding hydrogens is 342 g/mol. The summed E-state index contributed by atoms with van der Waals surface area (Å²) < 4.78 is 22.2. The molecule has 1 aromatic carbocycles. The number of sulfone groups is 1. The van der Waals surface area contributed by atoms with E-state index in [-0.39, 0.29) is 12.3 Å². The van der Waals surface area contributed by atoms with E-state index in [1.807, 2.05) is 31.2 Å². The number of hydrogen-bond acceptors (Lipinski definition) is 4. The minimum absolute atomic E-state index is 0.0586. The fourth-order valence-corrected chi connectivity index (χ4v) is 2.85. The molecule has 8 heteroatoms. The van der Waals surface area contributed by atoms with Crippen molar-refractivity contribution in [1.29, 1.82) is 0 Å². The highest BCUT2D eigenvalue weighted by Gasteiger charge is 2.02. The molecule has 5 nitrogen and oxygen atoms in total. The lowest BCUT2D eigenvalue weighted by molar-refractivity contribution is 0.601. The maximum atomic E-state index is 11.1. The summed E-state index contributed by atoms with van der Waals surface area (Å²) in [5.74, 6) is 1.57. The first-order chi connectivity index (χ1) is 10.4. The van der Waals surface area contributed by atoms with Gasteiger partial charge in [0.05, 0.1) is 12.3 Å². The SMILES string of the molecule is CCNC(=NCCS(C)(=O)=O)NCCSc1ccc(Cl)cc1. The van der Waals surface area contributed by atoms with Crippen molar-refractivity contribution < 1.29 is 8.42 Å². The summed E-state index contributed by atoms with van der Waals surface area (Å²) in [7, 11) is -2.98. The molecule has 0 bridgehead atoms. The van der Waals surface area contributed by atoms with Gasteiger partial charge in [0, 0.05) is 35.0 Å². The average molecular weight is 364 g/mol. The molecule has 124 valence electrons. The molecule has 0 saturated carbocycles. The number of nitrogens with one attached hydrogen (secondary N) is 2. The third kappa shape index (κ3) is 9.17. The first kappa shape index (κ1) is 19.1. The van der Waals surface area contributed by atoms with Crippen LogP contribution >= 0.6 is 23.4 Å². The van der Waals surface area contributed by atoms with Gasteiger partial charge in [-0.1, -0.05) is 11.6 Å². The van der Waals surface area contributed by atoms with Crippen molar-refractivity contribution in [2.24, 2.45) is 4.99 Å². The fourth-order valence-electron chi connectivity index (χ4n) is 1.53. The van der Waals surface area contributed by atoms with Gasteiger partial charge in [0.15, 0.2) is 5.96 Å². The van der Waals surface area contributed by atoms with Crippen LogP contribution in [0.1, 0.15) is 6.92 Å². The van der Waals surface area contributed by atoms with Gasteiger partial charge in [-0.05, 0) is 31.2 Å². The van der Waals surface area contributed by atoms with Crippen molar-refractivity contribution in [3.05, 3.63) is 29.3 Å². The van der Waals surface area contributed by atoms with Gasteiger partial charge in [0.2, 0.25) is 0 Å². The van der Waals surface area contributed by atoms with E-state index < -0.39 is 9.84 Å². The molecule has 0 aliphatic heterocycles. The highest BCUT2D eigenvalue weighted by Crippen LogP contribution is 2.19. The minimum Gasteiger partial charge on any atom is -0.357 e. The third-order valence-electron chi connectivity index (χ3n) is 2.55. The maximum absolute atomic E-state index is 11.1. The molecule has 0 amide bonds. The van der Waals surface area contributed by atoms with Crippen LogP contribution in [-0.4, -0.2) is 51.8 Å². The number of nitrogens with zero attached hydrogens (tertiary/aromatic N) is 1. The van der Waals surface area contributed by atoms with E-state index in [1.54, 1.807) is 11.8 Å². The largest absolute Gasteiger partial charge is 0.357 e. The molecule has 0 heterocycles. The quantitative estimate of drug-likeness (QED) is 0.320. The van der Waals surface area contributed by atoms with E-state index in [9.17, 15) is 8.42 Å². The van der Waals surface area contributed by atoms with Gasteiger partial charge >= 0.3 is 0 Å². The smallest absolute Gasteiger partial charge is 0.191 e. The van der Waals surface area contributed by atoms with Crippen LogP contribution in [0.4, 0.5) is 0 Å². The number of rotatable bonds is 8. The molecule has 0 aromatic heterocycles. The van der Waals surface area contributed by atoms with Crippen molar-refractivity contribution >= 4 is 39.2 Å². The molecule has 2 N–H and O–H groups in total. The minimum atomic E-state index is -2.98. The topological polar surface area (TPSA) is 70.6 Å². The van der Waals surface area contributed by atoms with Gasteiger partial charge < -0.3 is 10.6 Å². The molecule has 0 aliphatic rings. The number of hydrogen-bond donors (Lipinski definition) is 2. The average Bonchev–Trinajstić information content (AvgIpc) is 2.44. The Morgan fingerprint density at radius 2 is 1.95 bits per heavy atom. The standard InChI is InChI=1S/C14H22ClN3O2S2/c1-3-16-14(18-9-11-22(2,19)20)17-8-10-21-13-6-4-12(15)5-7-13/h4-7H,3,8-11H2,1-2H3,(H2,16,17,18). The Kier molecular flexibility index (Phi) is 8.67. The molecular formula is C14H22ClN3O2S2. The molecule has 0 atom stereocenters. The summed E-state index contributed by atoms with van der Waals surface area (Å²) in [5.41, 5.74) is 0. The lowest BCUT2D eigenvalue weighted by Crippen LogP contribution is -2.38. The van der Waals surface area contributed by atoms with E-state index in [1.165, 1.54) is 6.26 Å². The lowest BCUT2D eigenvalue weighted by Gasteiger charge is -2.11. The van der Waals surface area contributed by atoms with Gasteiger partial charge in [0.1, 0.15) is 9.84 Å². The Bertz CT molecular complexity index is 574. The Labute approximate surface area is 141 Å². The summed E-state index contributed by atoms with van der Waals surface area (Å²) in [4.78, 5) is 5.40. The summed E-state index contributed by atoms with van der Waals surface area (Å²) >= 11 is 7.56. The Balaban J connectivity index is 2.34. The molecule has 0 unspecified atom stereocenters. The maximum Gasteiger partial charge on any atom is 0.191 e. The zero-order valence-electron chi connectivity index (χ0n) is 12.8. The van der Waals surface area contributed by atoms with Gasteiger partial charge in [0.25, 0.3) is 0 Å². The Morgan fingerprint density at radius 3 is 2.55 bits per heavy atom. The highest BCUT2D eigenvalue weighted by atomic mass is 35.5. The van der Waals surface area contributed by atoms with E-state index in [4.69, 9.17) is 11.6 Å². The molecule has 0 saturated heterocycles. The first-order valence-corrected chi connectivity index (χ1v) is 10.4. The van der Waals surface area contributed by atoms with E-state index in [0.717, 1.165) is 28.8 Å². The highest BCUT2D eigenvalue weighted by molar-refractivity contribution is 7.99. The molecule has 0 spiro atoms. The van der Waals surface area contributed by atoms with Crippen molar-refractivity contribution in [3.8, 4) is 0 Å². The summed E-state index contributed by atoms with van der Waals surface area (Å²) in [6, 6.07) is 7.71. The van der Waals surface area contributed by atoms with Gasteiger partial charge in [-0.25, -0.2) is 8.42 Å². The lowest BCUT2D eigenvalue weighted by atomic mass is 10.4. The monoisotopic (exact) mass is 363 g/mol. The van der Waals surface area contributed by atoms with Crippen LogP contribution in [0, 0.1) is 0 Å². The van der Waals surface area contributed by atoms with Crippen molar-refractivity contribution in [3.63, 3.8) is 0 Å². The Morgan fingerprint density at radius 1 is 1.27 bits per heavy atom. The second kappa shape index (κ2) is 9.97. The molecule has 0 radical (unpaired) electrons. The predicted octanol–water partition coefficient (Wildman–Crippen LogP) is 2.03. The fraction of sp³-hybridized carbons (Fsp3) is 0.500. The van der Waals surface area contributed by atoms with E-state index in [0.29, 0.717) is 5.96 Å². The van der Waals surface area contributed by atoms with Crippen LogP contribution in [0.5, 0.6) is 0 Å². The molecule has 22 heavy (non-hydrogen) atoms. The normalized spacial score (nSPS) is 12.2. The summed E-state index contributed by atoms with van der Waals surface area (Å²) in [6.07, 6.45) is 1.21. The molecule has 0 aliphatic carbocycles. The van der Waals surface area contributed by atoms with Gasteiger partial charge in [-0.2, -0.15) is 0 Å². The number of thioether (sulfide) groups is 1. The van der Waals surface area contributed by atoms with Gasteiger partial charge in [-0.15, -0.1) is 11.8 Å². The van der Waals surface area contributed by atoms with Crippen LogP contribution < -0.4 is 10.6 Å². The number of aliphatic imine (C=N–C) groups is 1. The zero-order valence-corrected chi connectivity index (χ0v) is 15.2. The number of benzene rings is 1.